The number of likely N-dealkylation sites (tertiary alicyclic amines) is 1. The lowest BCUT2D eigenvalue weighted by Crippen LogP contribution is -2.62. The maximum atomic E-state index is 9.81. The minimum atomic E-state index is -0.372. The number of likely N-dealkylation sites (N-methyl/N-ethyl adjacent to an activating group) is 1. The highest BCUT2D eigenvalue weighted by atomic mass is 16.3. The Labute approximate surface area is 87.7 Å². The molecule has 1 aliphatic rings. The number of nitrogens with zero attached hydrogens (tertiary/aromatic N) is 2. The third kappa shape index (κ3) is 2.94. The number of rotatable bonds is 6. The van der Waals surface area contributed by atoms with Gasteiger partial charge in [-0.2, -0.15) is 0 Å². The van der Waals surface area contributed by atoms with Crippen LogP contribution in [0.5, 0.6) is 0 Å². The van der Waals surface area contributed by atoms with Gasteiger partial charge in [0.1, 0.15) is 0 Å². The molecule has 0 atom stereocenters. The summed E-state index contributed by atoms with van der Waals surface area (Å²) in [6.45, 7) is 12.7. The molecule has 0 bridgehead atoms. The van der Waals surface area contributed by atoms with Crippen LogP contribution < -0.4 is 0 Å². The van der Waals surface area contributed by atoms with Crippen LogP contribution in [0.1, 0.15) is 27.2 Å². The Hall–Kier alpha value is -0.120. The molecule has 14 heavy (non-hydrogen) atoms. The highest BCUT2D eigenvalue weighted by molar-refractivity contribution is 4.94. The van der Waals surface area contributed by atoms with Crippen molar-refractivity contribution < 1.29 is 5.11 Å². The van der Waals surface area contributed by atoms with Crippen molar-refractivity contribution in [2.75, 3.05) is 39.3 Å². The first-order valence-corrected chi connectivity index (χ1v) is 5.80. The molecule has 84 valence electrons. The summed E-state index contributed by atoms with van der Waals surface area (Å²) in [7, 11) is 0. The monoisotopic (exact) mass is 200 g/mol. The minimum absolute atomic E-state index is 0.372. The van der Waals surface area contributed by atoms with Gasteiger partial charge in [0.05, 0.1) is 5.60 Å². The largest absolute Gasteiger partial charge is 0.387 e. The van der Waals surface area contributed by atoms with Gasteiger partial charge in [0.2, 0.25) is 0 Å². The fourth-order valence-corrected chi connectivity index (χ4v) is 1.99. The van der Waals surface area contributed by atoms with E-state index in [1.807, 2.05) is 0 Å². The molecule has 1 heterocycles. The minimum Gasteiger partial charge on any atom is -0.387 e. The second-order valence-corrected chi connectivity index (χ2v) is 4.32. The Kier molecular flexibility index (Phi) is 4.35. The van der Waals surface area contributed by atoms with E-state index in [2.05, 4.69) is 30.6 Å². The third-order valence-electron chi connectivity index (χ3n) is 3.32. The van der Waals surface area contributed by atoms with Crippen molar-refractivity contribution in [3.63, 3.8) is 0 Å². The van der Waals surface area contributed by atoms with Gasteiger partial charge in [-0.05, 0) is 19.5 Å². The fourth-order valence-electron chi connectivity index (χ4n) is 1.99. The van der Waals surface area contributed by atoms with Crippen LogP contribution in [0.3, 0.4) is 0 Å². The van der Waals surface area contributed by atoms with Crippen LogP contribution in [0.15, 0.2) is 0 Å². The SMILES string of the molecule is CCN(CC)CCN1CC(O)(CC)C1. The van der Waals surface area contributed by atoms with Crippen molar-refractivity contribution in [1.82, 2.24) is 9.80 Å². The second-order valence-electron chi connectivity index (χ2n) is 4.32. The van der Waals surface area contributed by atoms with Crippen LogP contribution in [0.4, 0.5) is 0 Å². The van der Waals surface area contributed by atoms with Crippen LogP contribution in [0, 0.1) is 0 Å². The third-order valence-corrected chi connectivity index (χ3v) is 3.32. The maximum Gasteiger partial charge on any atom is 0.0897 e. The van der Waals surface area contributed by atoms with Gasteiger partial charge in [0.25, 0.3) is 0 Å². The van der Waals surface area contributed by atoms with Crippen molar-refractivity contribution in [2.24, 2.45) is 0 Å². The molecule has 1 N–H and O–H groups in total. The van der Waals surface area contributed by atoms with E-state index in [9.17, 15) is 5.11 Å². The molecular weight excluding hydrogens is 176 g/mol. The summed E-state index contributed by atoms with van der Waals surface area (Å²) in [6, 6.07) is 0. The molecule has 0 aromatic carbocycles. The van der Waals surface area contributed by atoms with Crippen molar-refractivity contribution in [1.29, 1.82) is 0 Å². The van der Waals surface area contributed by atoms with E-state index >= 15 is 0 Å². The quantitative estimate of drug-likeness (QED) is 0.686. The average Bonchev–Trinajstić information content (AvgIpc) is 2.16. The Morgan fingerprint density at radius 1 is 1.21 bits per heavy atom. The molecule has 1 rings (SSSR count). The zero-order chi connectivity index (χ0) is 10.6. The maximum absolute atomic E-state index is 9.81. The zero-order valence-corrected chi connectivity index (χ0v) is 9.79. The standard InChI is InChI=1S/C11H24N2O/c1-4-11(14)9-13(10-11)8-7-12(5-2)6-3/h14H,4-10H2,1-3H3. The van der Waals surface area contributed by atoms with E-state index in [0.29, 0.717) is 0 Å². The van der Waals surface area contributed by atoms with Crippen LogP contribution in [-0.2, 0) is 0 Å². The van der Waals surface area contributed by atoms with Crippen molar-refractivity contribution in [3.05, 3.63) is 0 Å². The van der Waals surface area contributed by atoms with Gasteiger partial charge in [-0.3, -0.25) is 4.90 Å². The smallest absolute Gasteiger partial charge is 0.0897 e. The van der Waals surface area contributed by atoms with Gasteiger partial charge >= 0.3 is 0 Å². The van der Waals surface area contributed by atoms with E-state index in [1.165, 1.54) is 0 Å². The molecule has 3 nitrogen and oxygen atoms in total. The molecule has 0 radical (unpaired) electrons. The molecule has 0 unspecified atom stereocenters. The molecule has 0 spiro atoms. The fraction of sp³-hybridized carbons (Fsp3) is 1.00. The number of hydrogen-bond acceptors (Lipinski definition) is 3. The molecule has 1 fully saturated rings. The predicted molar refractivity (Wildman–Crippen MR) is 59.5 cm³/mol. The summed E-state index contributed by atoms with van der Waals surface area (Å²) >= 11 is 0. The normalized spacial score (nSPS) is 21.2. The van der Waals surface area contributed by atoms with Crippen LogP contribution in [0.25, 0.3) is 0 Å². The van der Waals surface area contributed by atoms with Crippen LogP contribution >= 0.6 is 0 Å². The predicted octanol–water partition coefficient (Wildman–Crippen LogP) is 0.785. The van der Waals surface area contributed by atoms with Crippen LogP contribution in [0.2, 0.25) is 0 Å². The second kappa shape index (κ2) is 5.10. The summed E-state index contributed by atoms with van der Waals surface area (Å²) in [5, 5.41) is 9.81. The molecule has 3 heteroatoms. The first-order chi connectivity index (χ1) is 6.63. The van der Waals surface area contributed by atoms with E-state index in [-0.39, 0.29) is 5.60 Å². The Bertz CT molecular complexity index is 163. The van der Waals surface area contributed by atoms with Crippen molar-refractivity contribution in [3.8, 4) is 0 Å². The van der Waals surface area contributed by atoms with E-state index in [0.717, 1.165) is 45.7 Å². The van der Waals surface area contributed by atoms with Gasteiger partial charge in [0, 0.05) is 26.2 Å². The van der Waals surface area contributed by atoms with Gasteiger partial charge < -0.3 is 10.0 Å². The molecular formula is C11H24N2O. The van der Waals surface area contributed by atoms with Gasteiger partial charge in [-0.25, -0.2) is 0 Å². The highest BCUT2D eigenvalue weighted by Gasteiger charge is 2.38. The van der Waals surface area contributed by atoms with Crippen LogP contribution in [-0.4, -0.2) is 59.8 Å². The first kappa shape index (κ1) is 12.0. The number of aliphatic hydroxyl groups is 1. The Morgan fingerprint density at radius 3 is 2.21 bits per heavy atom. The first-order valence-electron chi connectivity index (χ1n) is 5.80. The lowest BCUT2D eigenvalue weighted by Gasteiger charge is -2.46. The molecule has 0 aromatic heterocycles. The summed E-state index contributed by atoms with van der Waals surface area (Å²) in [5.41, 5.74) is -0.372. The highest BCUT2D eigenvalue weighted by Crippen LogP contribution is 2.23. The van der Waals surface area contributed by atoms with Gasteiger partial charge in [0.15, 0.2) is 0 Å². The number of β-amino-alcohol motifs (C(OH)–C–C–N with tert-alkyl or cyclic N) is 1. The summed E-state index contributed by atoms with van der Waals surface area (Å²) in [6.07, 6.45) is 0.884. The Morgan fingerprint density at radius 2 is 1.79 bits per heavy atom. The molecule has 0 aromatic rings. The lowest BCUT2D eigenvalue weighted by atomic mass is 9.91. The van der Waals surface area contributed by atoms with Crippen molar-refractivity contribution >= 4 is 0 Å². The lowest BCUT2D eigenvalue weighted by molar-refractivity contribution is -0.101. The molecule has 0 aliphatic carbocycles. The summed E-state index contributed by atoms with van der Waals surface area (Å²) in [5.74, 6) is 0. The van der Waals surface area contributed by atoms with Gasteiger partial charge in [-0.1, -0.05) is 20.8 Å². The van der Waals surface area contributed by atoms with E-state index in [4.69, 9.17) is 0 Å². The topological polar surface area (TPSA) is 26.7 Å². The molecule has 0 amide bonds. The van der Waals surface area contributed by atoms with E-state index < -0.39 is 0 Å². The Balaban J connectivity index is 2.11. The summed E-state index contributed by atoms with van der Waals surface area (Å²) in [4.78, 5) is 4.76. The molecule has 1 aliphatic heterocycles. The molecule has 1 saturated heterocycles. The van der Waals surface area contributed by atoms with Crippen molar-refractivity contribution in [2.45, 2.75) is 32.8 Å². The average molecular weight is 200 g/mol. The summed E-state index contributed by atoms with van der Waals surface area (Å²) < 4.78 is 0. The number of hydrogen-bond donors (Lipinski definition) is 1. The zero-order valence-electron chi connectivity index (χ0n) is 9.79. The van der Waals surface area contributed by atoms with Gasteiger partial charge in [-0.15, -0.1) is 0 Å². The van der Waals surface area contributed by atoms with E-state index in [1.54, 1.807) is 0 Å². The molecule has 0 saturated carbocycles.